The average molecular weight is 265 g/mol. The van der Waals surface area contributed by atoms with Gasteiger partial charge < -0.3 is 0 Å². The molecule has 0 radical (unpaired) electrons. The standard InChI is InChI=1S/C17H25Cl/c1-6-15(18)12-7-8-13-14(11-12)17(4,5)10-9-16(13,2)3/h7-8,11,15H,6,9-10H2,1-5H3. The molecule has 0 aromatic heterocycles. The van der Waals surface area contributed by atoms with Crippen LogP contribution in [0, 0.1) is 0 Å². The summed E-state index contributed by atoms with van der Waals surface area (Å²) >= 11 is 6.40. The van der Waals surface area contributed by atoms with Crippen LogP contribution in [-0.4, -0.2) is 0 Å². The Morgan fingerprint density at radius 3 is 2.17 bits per heavy atom. The van der Waals surface area contributed by atoms with Gasteiger partial charge in [-0.25, -0.2) is 0 Å². The van der Waals surface area contributed by atoms with Crippen LogP contribution in [0.1, 0.15) is 75.9 Å². The van der Waals surface area contributed by atoms with Crippen molar-refractivity contribution >= 4 is 11.6 Å². The van der Waals surface area contributed by atoms with Gasteiger partial charge in [0.1, 0.15) is 0 Å². The Morgan fingerprint density at radius 2 is 1.61 bits per heavy atom. The van der Waals surface area contributed by atoms with Crippen molar-refractivity contribution in [2.45, 2.75) is 70.1 Å². The minimum absolute atomic E-state index is 0.149. The minimum Gasteiger partial charge on any atom is -0.118 e. The van der Waals surface area contributed by atoms with Crippen LogP contribution in [0.2, 0.25) is 0 Å². The van der Waals surface area contributed by atoms with Crippen LogP contribution in [0.4, 0.5) is 0 Å². The van der Waals surface area contributed by atoms with Crippen molar-refractivity contribution in [3.63, 3.8) is 0 Å². The number of rotatable bonds is 2. The topological polar surface area (TPSA) is 0 Å². The van der Waals surface area contributed by atoms with Crippen LogP contribution in [0.5, 0.6) is 0 Å². The second-order valence-electron chi connectivity index (χ2n) is 6.95. The maximum Gasteiger partial charge on any atom is 0.0582 e. The second-order valence-corrected chi connectivity index (χ2v) is 7.48. The van der Waals surface area contributed by atoms with Gasteiger partial charge in [0.15, 0.2) is 0 Å². The smallest absolute Gasteiger partial charge is 0.0582 e. The summed E-state index contributed by atoms with van der Waals surface area (Å²) < 4.78 is 0. The Balaban J connectivity index is 2.55. The normalized spacial score (nSPS) is 22.3. The van der Waals surface area contributed by atoms with E-state index in [0.717, 1.165) is 6.42 Å². The molecule has 1 aliphatic carbocycles. The molecule has 18 heavy (non-hydrogen) atoms. The third-order valence-electron chi connectivity index (χ3n) is 4.60. The lowest BCUT2D eigenvalue weighted by atomic mass is 9.63. The molecule has 0 heterocycles. The van der Waals surface area contributed by atoms with E-state index in [2.05, 4.69) is 52.8 Å². The first-order valence-electron chi connectivity index (χ1n) is 7.07. The number of hydrogen-bond acceptors (Lipinski definition) is 0. The van der Waals surface area contributed by atoms with Crippen molar-refractivity contribution in [1.82, 2.24) is 0 Å². The van der Waals surface area contributed by atoms with Crippen molar-refractivity contribution in [3.05, 3.63) is 34.9 Å². The molecular formula is C17H25Cl. The SMILES string of the molecule is CCC(Cl)c1ccc2c(c1)C(C)(C)CCC2(C)C. The van der Waals surface area contributed by atoms with Gasteiger partial charge in [0, 0.05) is 0 Å². The average Bonchev–Trinajstić information content (AvgIpc) is 2.34. The van der Waals surface area contributed by atoms with E-state index in [1.54, 1.807) is 0 Å². The van der Waals surface area contributed by atoms with Crippen LogP contribution >= 0.6 is 11.6 Å². The van der Waals surface area contributed by atoms with Crippen molar-refractivity contribution in [2.24, 2.45) is 0 Å². The monoisotopic (exact) mass is 264 g/mol. The molecule has 0 saturated heterocycles. The number of hydrogen-bond donors (Lipinski definition) is 0. The highest BCUT2D eigenvalue weighted by Crippen LogP contribution is 2.46. The van der Waals surface area contributed by atoms with Gasteiger partial charge in [-0.3, -0.25) is 0 Å². The fourth-order valence-electron chi connectivity index (χ4n) is 3.04. The highest BCUT2D eigenvalue weighted by Gasteiger charge is 2.37. The summed E-state index contributed by atoms with van der Waals surface area (Å²) in [5.41, 5.74) is 4.89. The molecule has 2 rings (SSSR count). The van der Waals surface area contributed by atoms with Crippen molar-refractivity contribution in [2.75, 3.05) is 0 Å². The Bertz CT molecular complexity index is 443. The van der Waals surface area contributed by atoms with E-state index in [0.29, 0.717) is 5.41 Å². The van der Waals surface area contributed by atoms with Gasteiger partial charge >= 0.3 is 0 Å². The summed E-state index contributed by atoms with van der Waals surface area (Å²) in [6.45, 7) is 11.6. The number of alkyl halides is 1. The zero-order valence-corrected chi connectivity index (χ0v) is 13.1. The Hall–Kier alpha value is -0.490. The van der Waals surface area contributed by atoms with E-state index in [-0.39, 0.29) is 10.8 Å². The highest BCUT2D eigenvalue weighted by atomic mass is 35.5. The van der Waals surface area contributed by atoms with Crippen molar-refractivity contribution in [3.8, 4) is 0 Å². The molecule has 0 spiro atoms. The Morgan fingerprint density at radius 1 is 1.06 bits per heavy atom. The third kappa shape index (κ3) is 2.32. The summed E-state index contributed by atoms with van der Waals surface area (Å²) in [5, 5.41) is 0.149. The van der Waals surface area contributed by atoms with Gasteiger partial charge in [0.2, 0.25) is 0 Å². The largest absolute Gasteiger partial charge is 0.118 e. The Kier molecular flexibility index (Phi) is 3.53. The third-order valence-corrected chi connectivity index (χ3v) is 5.16. The van der Waals surface area contributed by atoms with E-state index in [9.17, 15) is 0 Å². The highest BCUT2D eigenvalue weighted by molar-refractivity contribution is 6.20. The fraction of sp³-hybridized carbons (Fsp3) is 0.647. The molecule has 1 aliphatic rings. The Labute approximate surface area is 117 Å². The molecule has 0 aliphatic heterocycles. The van der Waals surface area contributed by atoms with Crippen LogP contribution in [0.25, 0.3) is 0 Å². The maximum absolute atomic E-state index is 6.40. The molecule has 1 atom stereocenters. The van der Waals surface area contributed by atoms with Gasteiger partial charge in [0.05, 0.1) is 5.38 Å². The van der Waals surface area contributed by atoms with Gasteiger partial charge in [-0.1, -0.05) is 52.8 Å². The summed E-state index contributed by atoms with van der Waals surface area (Å²) in [6.07, 6.45) is 3.52. The summed E-state index contributed by atoms with van der Waals surface area (Å²) in [6, 6.07) is 6.90. The van der Waals surface area contributed by atoms with Gasteiger partial charge in [-0.05, 0) is 46.8 Å². The molecular weight excluding hydrogens is 240 g/mol. The lowest BCUT2D eigenvalue weighted by molar-refractivity contribution is 0.331. The summed E-state index contributed by atoms with van der Waals surface area (Å²) in [7, 11) is 0. The molecule has 1 aromatic rings. The first kappa shape index (κ1) is 13.9. The van der Waals surface area contributed by atoms with E-state index in [1.807, 2.05) is 0 Å². The predicted molar refractivity (Wildman–Crippen MR) is 80.6 cm³/mol. The number of benzene rings is 1. The van der Waals surface area contributed by atoms with Crippen LogP contribution in [0.15, 0.2) is 18.2 Å². The zero-order valence-electron chi connectivity index (χ0n) is 12.3. The number of halogens is 1. The first-order chi connectivity index (χ1) is 8.28. The molecule has 0 nitrogen and oxygen atoms in total. The summed E-state index contributed by atoms with van der Waals surface area (Å²) in [5.74, 6) is 0. The molecule has 0 bridgehead atoms. The molecule has 1 aromatic carbocycles. The molecule has 0 saturated carbocycles. The van der Waals surface area contributed by atoms with E-state index in [1.165, 1.54) is 29.5 Å². The van der Waals surface area contributed by atoms with Crippen molar-refractivity contribution < 1.29 is 0 Å². The van der Waals surface area contributed by atoms with E-state index < -0.39 is 0 Å². The lowest BCUT2D eigenvalue weighted by Crippen LogP contribution is -2.33. The molecule has 0 fully saturated rings. The van der Waals surface area contributed by atoms with Gasteiger partial charge in [-0.15, -0.1) is 11.6 Å². The number of fused-ring (bicyclic) bond motifs is 1. The van der Waals surface area contributed by atoms with Crippen molar-refractivity contribution in [1.29, 1.82) is 0 Å². The summed E-state index contributed by atoms with van der Waals surface area (Å²) in [4.78, 5) is 0. The molecule has 1 unspecified atom stereocenters. The predicted octanol–water partition coefficient (Wildman–Crippen LogP) is 5.73. The van der Waals surface area contributed by atoms with Crippen LogP contribution in [-0.2, 0) is 10.8 Å². The molecule has 0 amide bonds. The molecule has 100 valence electrons. The van der Waals surface area contributed by atoms with Crippen LogP contribution in [0.3, 0.4) is 0 Å². The zero-order chi connectivity index (χ0) is 13.6. The van der Waals surface area contributed by atoms with Gasteiger partial charge in [-0.2, -0.15) is 0 Å². The maximum atomic E-state index is 6.40. The molecule has 1 heteroatoms. The van der Waals surface area contributed by atoms with Gasteiger partial charge in [0.25, 0.3) is 0 Å². The second kappa shape index (κ2) is 4.56. The lowest BCUT2D eigenvalue weighted by Gasteiger charge is -2.42. The van der Waals surface area contributed by atoms with E-state index >= 15 is 0 Å². The van der Waals surface area contributed by atoms with Crippen LogP contribution < -0.4 is 0 Å². The molecule has 0 N–H and O–H groups in total. The van der Waals surface area contributed by atoms with E-state index in [4.69, 9.17) is 11.6 Å². The fourth-order valence-corrected chi connectivity index (χ4v) is 3.17. The minimum atomic E-state index is 0.149. The first-order valence-corrected chi connectivity index (χ1v) is 7.50. The quantitative estimate of drug-likeness (QED) is 0.599.